The molecule has 0 saturated carbocycles. The Balaban J connectivity index is 2.54. The van der Waals surface area contributed by atoms with Crippen LogP contribution in [0.2, 0.25) is 0 Å². The highest BCUT2D eigenvalue weighted by Gasteiger charge is 2.09. The zero-order valence-corrected chi connectivity index (χ0v) is 8.91. The SMILES string of the molecule is CCCC(=O)NCc1nccc(C(F)F)n1. The molecule has 4 nitrogen and oxygen atoms in total. The number of carbonyl (C=O) groups is 1. The van der Waals surface area contributed by atoms with Crippen molar-refractivity contribution >= 4 is 5.91 Å². The van der Waals surface area contributed by atoms with Crippen molar-refractivity contribution in [3.8, 4) is 0 Å². The molecule has 6 heteroatoms. The number of halogens is 2. The van der Waals surface area contributed by atoms with Crippen molar-refractivity contribution in [3.63, 3.8) is 0 Å². The number of nitrogens with zero attached hydrogens (tertiary/aromatic N) is 2. The second-order valence-electron chi connectivity index (χ2n) is 3.23. The van der Waals surface area contributed by atoms with E-state index in [0.717, 1.165) is 12.5 Å². The van der Waals surface area contributed by atoms with Gasteiger partial charge in [-0.2, -0.15) is 0 Å². The van der Waals surface area contributed by atoms with Crippen LogP contribution in [0.4, 0.5) is 8.78 Å². The maximum absolute atomic E-state index is 12.3. The van der Waals surface area contributed by atoms with E-state index in [1.165, 1.54) is 6.20 Å². The maximum Gasteiger partial charge on any atom is 0.280 e. The van der Waals surface area contributed by atoms with Crippen molar-refractivity contribution in [2.24, 2.45) is 0 Å². The fraction of sp³-hybridized carbons (Fsp3) is 0.500. The van der Waals surface area contributed by atoms with E-state index in [-0.39, 0.29) is 24.0 Å². The number of nitrogens with one attached hydrogen (secondary N) is 1. The van der Waals surface area contributed by atoms with Gasteiger partial charge in [-0.25, -0.2) is 18.7 Å². The Hall–Kier alpha value is -1.59. The molecule has 16 heavy (non-hydrogen) atoms. The Labute approximate surface area is 92.1 Å². The van der Waals surface area contributed by atoms with E-state index in [9.17, 15) is 13.6 Å². The Kier molecular flexibility index (Phi) is 4.75. The Bertz CT molecular complexity index is 358. The average Bonchev–Trinajstić information content (AvgIpc) is 2.27. The van der Waals surface area contributed by atoms with Crippen molar-refractivity contribution < 1.29 is 13.6 Å². The molecule has 0 radical (unpaired) electrons. The predicted molar refractivity (Wildman–Crippen MR) is 53.7 cm³/mol. The van der Waals surface area contributed by atoms with Crippen molar-refractivity contribution in [2.45, 2.75) is 32.7 Å². The van der Waals surface area contributed by atoms with Gasteiger partial charge in [0.05, 0.1) is 6.54 Å². The van der Waals surface area contributed by atoms with E-state index in [1.807, 2.05) is 6.92 Å². The molecule has 1 aromatic rings. The standard InChI is InChI=1S/C10H13F2N3O/c1-2-3-9(16)14-6-8-13-5-4-7(15-8)10(11)12/h4-5,10H,2-3,6H2,1H3,(H,14,16). The summed E-state index contributed by atoms with van der Waals surface area (Å²) in [5.74, 6) is 0.0656. The second kappa shape index (κ2) is 6.09. The number of hydrogen-bond acceptors (Lipinski definition) is 3. The molecule has 1 amide bonds. The predicted octanol–water partition coefficient (Wildman–Crippen LogP) is 1.83. The molecule has 1 heterocycles. The molecule has 0 aromatic carbocycles. The van der Waals surface area contributed by atoms with Crippen molar-refractivity contribution in [1.82, 2.24) is 15.3 Å². The number of amides is 1. The lowest BCUT2D eigenvalue weighted by molar-refractivity contribution is -0.121. The van der Waals surface area contributed by atoms with E-state index in [2.05, 4.69) is 15.3 Å². The minimum Gasteiger partial charge on any atom is -0.349 e. The highest BCUT2D eigenvalue weighted by molar-refractivity contribution is 5.75. The molecule has 1 rings (SSSR count). The molecule has 0 aliphatic rings. The van der Waals surface area contributed by atoms with Gasteiger partial charge in [-0.15, -0.1) is 0 Å². The van der Waals surface area contributed by atoms with Crippen LogP contribution in [0.1, 0.15) is 37.7 Å². The first-order chi connectivity index (χ1) is 7.63. The normalized spacial score (nSPS) is 10.5. The number of rotatable bonds is 5. The molecular formula is C10H13F2N3O. The third-order valence-electron chi connectivity index (χ3n) is 1.87. The summed E-state index contributed by atoms with van der Waals surface area (Å²) >= 11 is 0. The molecule has 1 N–H and O–H groups in total. The lowest BCUT2D eigenvalue weighted by atomic mass is 10.3. The molecular weight excluding hydrogens is 216 g/mol. The minimum absolute atomic E-state index is 0.0827. The monoisotopic (exact) mass is 229 g/mol. The summed E-state index contributed by atoms with van der Waals surface area (Å²) in [6.07, 6.45) is -0.207. The van der Waals surface area contributed by atoms with Gasteiger partial charge in [0.15, 0.2) is 0 Å². The Morgan fingerprint density at radius 2 is 2.31 bits per heavy atom. The fourth-order valence-electron chi connectivity index (χ4n) is 1.11. The maximum atomic E-state index is 12.3. The number of aromatic nitrogens is 2. The smallest absolute Gasteiger partial charge is 0.280 e. The van der Waals surface area contributed by atoms with Crippen LogP contribution < -0.4 is 5.32 Å². The van der Waals surface area contributed by atoms with Crippen LogP contribution in [0.3, 0.4) is 0 Å². The summed E-state index contributed by atoms with van der Waals surface area (Å²) in [6.45, 7) is 1.97. The van der Waals surface area contributed by atoms with Crippen LogP contribution in [0.5, 0.6) is 0 Å². The molecule has 1 aromatic heterocycles. The summed E-state index contributed by atoms with van der Waals surface area (Å²) in [5, 5.41) is 2.56. The highest BCUT2D eigenvalue weighted by atomic mass is 19.3. The van der Waals surface area contributed by atoms with E-state index < -0.39 is 6.43 Å². The molecule has 0 unspecified atom stereocenters. The average molecular weight is 229 g/mol. The minimum atomic E-state index is -2.62. The van der Waals surface area contributed by atoms with Gasteiger partial charge in [0.1, 0.15) is 11.5 Å². The van der Waals surface area contributed by atoms with Gasteiger partial charge in [-0.3, -0.25) is 4.79 Å². The molecule has 0 spiro atoms. The van der Waals surface area contributed by atoms with Crippen LogP contribution in [-0.4, -0.2) is 15.9 Å². The topological polar surface area (TPSA) is 54.9 Å². The van der Waals surface area contributed by atoms with E-state index >= 15 is 0 Å². The van der Waals surface area contributed by atoms with Crippen LogP contribution in [0.15, 0.2) is 12.3 Å². The summed E-state index contributed by atoms with van der Waals surface area (Å²) < 4.78 is 24.6. The molecule has 0 aliphatic heterocycles. The zero-order valence-electron chi connectivity index (χ0n) is 8.91. The third-order valence-corrected chi connectivity index (χ3v) is 1.87. The summed E-state index contributed by atoms with van der Waals surface area (Å²) in [7, 11) is 0. The molecule has 88 valence electrons. The third kappa shape index (κ3) is 3.88. The van der Waals surface area contributed by atoms with Gasteiger partial charge in [-0.05, 0) is 12.5 Å². The summed E-state index contributed by atoms with van der Waals surface area (Å²) in [5.41, 5.74) is -0.324. The number of alkyl halides is 2. The van der Waals surface area contributed by atoms with Crippen molar-refractivity contribution in [3.05, 3.63) is 23.8 Å². The molecule has 0 saturated heterocycles. The van der Waals surface area contributed by atoms with Crippen LogP contribution >= 0.6 is 0 Å². The highest BCUT2D eigenvalue weighted by Crippen LogP contribution is 2.14. The van der Waals surface area contributed by atoms with Crippen molar-refractivity contribution in [2.75, 3.05) is 0 Å². The number of hydrogen-bond donors (Lipinski definition) is 1. The first kappa shape index (κ1) is 12.5. The van der Waals surface area contributed by atoms with E-state index in [4.69, 9.17) is 0 Å². The van der Waals surface area contributed by atoms with Gasteiger partial charge in [-0.1, -0.05) is 6.92 Å². The molecule has 0 aliphatic carbocycles. The Morgan fingerprint density at radius 1 is 1.56 bits per heavy atom. The van der Waals surface area contributed by atoms with E-state index in [1.54, 1.807) is 0 Å². The molecule has 0 bridgehead atoms. The quantitative estimate of drug-likeness (QED) is 0.838. The Morgan fingerprint density at radius 3 is 2.94 bits per heavy atom. The lowest BCUT2D eigenvalue weighted by Gasteiger charge is -2.04. The fourth-order valence-corrected chi connectivity index (χ4v) is 1.11. The molecule has 0 atom stereocenters. The number of carbonyl (C=O) groups excluding carboxylic acids is 1. The van der Waals surface area contributed by atoms with Crippen LogP contribution in [0.25, 0.3) is 0 Å². The largest absolute Gasteiger partial charge is 0.349 e. The van der Waals surface area contributed by atoms with Gasteiger partial charge in [0.2, 0.25) is 5.91 Å². The first-order valence-corrected chi connectivity index (χ1v) is 5.00. The molecule has 0 fully saturated rings. The summed E-state index contributed by atoms with van der Waals surface area (Å²) in [6, 6.07) is 1.15. The van der Waals surface area contributed by atoms with Gasteiger partial charge >= 0.3 is 0 Å². The van der Waals surface area contributed by atoms with Crippen LogP contribution in [-0.2, 0) is 11.3 Å². The van der Waals surface area contributed by atoms with Crippen LogP contribution in [0, 0.1) is 0 Å². The van der Waals surface area contributed by atoms with Gasteiger partial charge < -0.3 is 5.32 Å². The lowest BCUT2D eigenvalue weighted by Crippen LogP contribution is -2.23. The summed E-state index contributed by atoms with van der Waals surface area (Å²) in [4.78, 5) is 18.5. The van der Waals surface area contributed by atoms with E-state index in [0.29, 0.717) is 6.42 Å². The van der Waals surface area contributed by atoms with Gasteiger partial charge in [0.25, 0.3) is 6.43 Å². The van der Waals surface area contributed by atoms with Gasteiger partial charge in [0, 0.05) is 12.6 Å². The zero-order chi connectivity index (χ0) is 12.0. The second-order valence-corrected chi connectivity index (χ2v) is 3.23. The first-order valence-electron chi connectivity index (χ1n) is 5.00. The van der Waals surface area contributed by atoms with Crippen molar-refractivity contribution in [1.29, 1.82) is 0 Å².